The van der Waals surface area contributed by atoms with Crippen LogP contribution in [0.25, 0.3) is 0 Å². The van der Waals surface area contributed by atoms with E-state index in [1.807, 2.05) is 0 Å². The molecule has 1 nitrogen and oxygen atoms in total. The van der Waals surface area contributed by atoms with Crippen LogP contribution in [0.4, 0.5) is 0 Å². The van der Waals surface area contributed by atoms with Crippen molar-refractivity contribution in [2.75, 3.05) is 0 Å². The standard InChI is InChI=1S/C9H11.C6H18NSi2.C2H6Si.2ClH.Hf/c1-2-5-9-7-3-6-8(9)4-1;1-8(2,3)7-9(4,5)6;1-3-2;;;/h1-2,4-6,8-9H,3,7H2;1-6H3;1-2H3;2*1H;/q;-1;;;;+3/p-2. The third kappa shape index (κ3) is 5.77. The summed E-state index contributed by atoms with van der Waals surface area (Å²) < 4.78 is 4.46. The predicted octanol–water partition coefficient (Wildman–Crippen LogP) is -0.309. The largest absolute Gasteiger partial charge is 1.00 e. The zero-order valence-corrected chi connectivity index (χ0v) is 24.8. The van der Waals surface area contributed by atoms with Crippen LogP contribution in [0.1, 0.15) is 12.8 Å². The molecule has 0 N–H and O–H groups in total. The summed E-state index contributed by atoms with van der Waals surface area (Å²) in [6.45, 7) is 21.1. The fourth-order valence-corrected chi connectivity index (χ4v) is 82.1. The Balaban J connectivity index is 0.00000264. The van der Waals surface area contributed by atoms with E-state index >= 15 is 0 Å². The van der Waals surface area contributed by atoms with Crippen molar-refractivity contribution in [2.45, 2.75) is 68.9 Å². The minimum Gasteiger partial charge on any atom is -1.00 e. The van der Waals surface area contributed by atoms with Crippen molar-refractivity contribution in [3.8, 4) is 0 Å². The average molecular weight is 587 g/mol. The molecule has 0 bridgehead atoms. The van der Waals surface area contributed by atoms with Gasteiger partial charge in [-0.25, -0.2) is 0 Å². The molecular formula is C17H35Cl2HfNSi3. The monoisotopic (exact) mass is 587 g/mol. The molecule has 0 heterocycles. The first kappa shape index (κ1) is 25.5. The molecule has 24 heavy (non-hydrogen) atoms. The molecule has 2 rings (SSSR count). The molecule has 0 aromatic heterocycles. The molecule has 0 aromatic carbocycles. The maximum atomic E-state index is 3.35. The molecule has 7 heteroatoms. The molecule has 0 saturated heterocycles. The van der Waals surface area contributed by atoms with Crippen LogP contribution in [0, 0.1) is 11.8 Å². The Bertz CT molecular complexity index is 503. The maximum absolute atomic E-state index is 3.35. The fraction of sp³-hybridized carbons (Fsp3) is 0.765. The van der Waals surface area contributed by atoms with Crippen molar-refractivity contribution in [2.24, 2.45) is 11.8 Å². The second-order valence-corrected chi connectivity index (χ2v) is 46.5. The Labute approximate surface area is 173 Å². The average Bonchev–Trinajstić information content (AvgIpc) is 2.76. The summed E-state index contributed by atoms with van der Waals surface area (Å²) in [5.74, 6) is 1.78. The topological polar surface area (TPSA) is 3.24 Å². The Hall–Kier alpha value is 1.54. The van der Waals surface area contributed by atoms with Crippen LogP contribution in [0.5, 0.6) is 0 Å². The number of hydrogen-bond donors (Lipinski definition) is 0. The molecule has 0 radical (unpaired) electrons. The molecule has 3 unspecified atom stereocenters. The number of rotatable bonds is 4. The molecule has 138 valence electrons. The van der Waals surface area contributed by atoms with E-state index in [2.05, 4.69) is 78.9 Å². The normalized spacial score (nSPS) is 25.4. The van der Waals surface area contributed by atoms with Gasteiger partial charge in [-0.15, -0.1) is 0 Å². The minimum atomic E-state index is -1.76. The SMILES string of the molecule is C[Si](C)=[Hf+2]([CH]1CCC2C=CC=CC21)[N]([Si](C)(C)C)[Si](C)(C)C.[Cl-].[Cl-]. The second-order valence-electron chi connectivity index (χ2n) is 9.26. The van der Waals surface area contributed by atoms with Crippen LogP contribution in [0.3, 0.4) is 0 Å². The van der Waals surface area contributed by atoms with Gasteiger partial charge in [0.1, 0.15) is 0 Å². The molecule has 0 amide bonds. The molecule has 0 aliphatic heterocycles. The summed E-state index contributed by atoms with van der Waals surface area (Å²) in [6.07, 6.45) is 12.7. The van der Waals surface area contributed by atoms with Crippen LogP contribution in [-0.2, 0) is 20.4 Å². The third-order valence-electron chi connectivity index (χ3n) is 5.02. The van der Waals surface area contributed by atoms with Crippen LogP contribution in [0.2, 0.25) is 56.1 Å². The van der Waals surface area contributed by atoms with Crippen molar-refractivity contribution in [1.29, 1.82) is 0 Å². The first-order valence-corrected chi connectivity index (χ1v) is 27.3. The van der Waals surface area contributed by atoms with Crippen LogP contribution in [-0.4, -0.2) is 24.2 Å². The number of fused-ring (bicyclic) bond motifs is 1. The van der Waals surface area contributed by atoms with E-state index in [0.29, 0.717) is 0 Å². The second kappa shape index (κ2) is 9.65. The summed E-state index contributed by atoms with van der Waals surface area (Å²) in [5, 5.41) is 0. The summed E-state index contributed by atoms with van der Waals surface area (Å²) in [6, 6.07) is 0. The van der Waals surface area contributed by atoms with Crippen LogP contribution < -0.4 is 24.8 Å². The van der Waals surface area contributed by atoms with Crippen molar-refractivity contribution in [3.63, 3.8) is 0 Å². The van der Waals surface area contributed by atoms with Crippen molar-refractivity contribution in [3.05, 3.63) is 24.3 Å². The van der Waals surface area contributed by atoms with E-state index in [-0.39, 0.29) is 30.3 Å². The Kier molecular flexibility index (Phi) is 10.3. The van der Waals surface area contributed by atoms with E-state index in [1.54, 1.807) is 0 Å². The van der Waals surface area contributed by atoms with Gasteiger partial charge in [-0.2, -0.15) is 0 Å². The smallest absolute Gasteiger partial charge is 1.00 e. The number of hydrogen-bond acceptors (Lipinski definition) is 1. The maximum Gasteiger partial charge on any atom is -1.00 e. The molecule has 3 atom stereocenters. The van der Waals surface area contributed by atoms with Gasteiger partial charge in [0, 0.05) is 0 Å². The Morgan fingerprint density at radius 1 is 0.875 bits per heavy atom. The van der Waals surface area contributed by atoms with Gasteiger partial charge in [0.05, 0.1) is 0 Å². The first-order chi connectivity index (χ1) is 10.0. The predicted molar refractivity (Wildman–Crippen MR) is 104 cm³/mol. The summed E-state index contributed by atoms with van der Waals surface area (Å²) >= 11 is -1.76. The van der Waals surface area contributed by atoms with Crippen molar-refractivity contribution >= 4 is 22.0 Å². The number of nitrogens with zero attached hydrogens (tertiary/aromatic N) is 1. The minimum absolute atomic E-state index is 0. The molecule has 2 aliphatic rings. The van der Waals surface area contributed by atoms with E-state index < -0.39 is 36.8 Å². The van der Waals surface area contributed by atoms with Crippen LogP contribution >= 0.6 is 0 Å². The van der Waals surface area contributed by atoms with Crippen LogP contribution in [0.15, 0.2) is 24.3 Å². The molecular weight excluding hydrogens is 552 g/mol. The third-order valence-corrected chi connectivity index (χ3v) is 57.4. The molecule has 1 saturated carbocycles. The first-order valence-electron chi connectivity index (χ1n) is 8.86. The van der Waals surface area contributed by atoms with Gasteiger partial charge in [-0.3, -0.25) is 0 Å². The van der Waals surface area contributed by atoms with Gasteiger partial charge in [0.2, 0.25) is 0 Å². The fourth-order valence-electron chi connectivity index (χ4n) is 4.76. The van der Waals surface area contributed by atoms with E-state index in [9.17, 15) is 0 Å². The van der Waals surface area contributed by atoms with Crippen molar-refractivity contribution < 1.29 is 45.2 Å². The summed E-state index contributed by atoms with van der Waals surface area (Å²) in [5.41, 5.74) is -0.119. The van der Waals surface area contributed by atoms with E-state index in [1.165, 1.54) is 12.8 Å². The van der Waals surface area contributed by atoms with Crippen molar-refractivity contribution in [1.82, 2.24) is 2.22 Å². The van der Waals surface area contributed by atoms with Gasteiger partial charge in [-0.05, 0) is 0 Å². The van der Waals surface area contributed by atoms with Gasteiger partial charge in [-0.1, -0.05) is 0 Å². The zero-order chi connectivity index (χ0) is 16.7. The van der Waals surface area contributed by atoms with Gasteiger partial charge >= 0.3 is 150 Å². The van der Waals surface area contributed by atoms with Gasteiger partial charge in [0.25, 0.3) is 0 Å². The Morgan fingerprint density at radius 3 is 1.83 bits per heavy atom. The Morgan fingerprint density at radius 2 is 1.38 bits per heavy atom. The van der Waals surface area contributed by atoms with E-state index in [0.717, 1.165) is 15.5 Å². The summed E-state index contributed by atoms with van der Waals surface area (Å²) in [4.78, 5) is 0. The van der Waals surface area contributed by atoms with Gasteiger partial charge in [0.15, 0.2) is 0 Å². The molecule has 2 aliphatic carbocycles. The zero-order valence-electron chi connectivity index (χ0n) is 16.7. The number of allylic oxidation sites excluding steroid dienone is 4. The van der Waals surface area contributed by atoms with Gasteiger partial charge < -0.3 is 24.8 Å². The quantitative estimate of drug-likeness (QED) is 0.409. The molecule has 1 fully saturated rings. The summed E-state index contributed by atoms with van der Waals surface area (Å²) in [7, 11) is -2.40. The van der Waals surface area contributed by atoms with E-state index in [4.69, 9.17) is 0 Å². The molecule has 0 aromatic rings. The number of halogens is 2. The molecule has 0 spiro atoms.